The molecule has 122 valence electrons. The third kappa shape index (κ3) is 3.12. The fourth-order valence-electron chi connectivity index (χ4n) is 2.58. The van der Waals surface area contributed by atoms with Crippen molar-refractivity contribution in [3.8, 4) is 5.75 Å². The summed E-state index contributed by atoms with van der Waals surface area (Å²) in [6.45, 7) is 4.85. The van der Waals surface area contributed by atoms with Crippen LogP contribution in [-0.2, 0) is 6.54 Å². The van der Waals surface area contributed by atoms with Crippen molar-refractivity contribution in [1.82, 2.24) is 15.0 Å². The number of imidazole rings is 1. The van der Waals surface area contributed by atoms with E-state index in [-0.39, 0.29) is 11.7 Å². The lowest BCUT2D eigenvalue weighted by Crippen LogP contribution is -2.17. The summed E-state index contributed by atoms with van der Waals surface area (Å²) in [6, 6.07) is 12.0. The van der Waals surface area contributed by atoms with Gasteiger partial charge < -0.3 is 9.67 Å². The lowest BCUT2D eigenvalue weighted by atomic mass is 10.2. The molecule has 0 bridgehead atoms. The number of nitrogens with one attached hydrogen (secondary N) is 1. The highest BCUT2D eigenvalue weighted by atomic mass is 16.3. The van der Waals surface area contributed by atoms with Crippen LogP contribution in [0.5, 0.6) is 5.75 Å². The quantitative estimate of drug-likeness (QED) is 0.572. The smallest absolute Gasteiger partial charge is 0.271 e. The van der Waals surface area contributed by atoms with Gasteiger partial charge in [-0.3, -0.25) is 4.79 Å². The van der Waals surface area contributed by atoms with Crippen LogP contribution >= 0.6 is 0 Å². The second-order valence-electron chi connectivity index (χ2n) is 5.40. The first kappa shape index (κ1) is 15.7. The van der Waals surface area contributed by atoms with Crippen molar-refractivity contribution >= 4 is 23.2 Å². The standard InChI is InChI=1S/C18H18N4O2/c1-3-22-12(2)20-16-10-14(6-9-17(16)22)18(24)21-19-11-13-4-7-15(23)8-5-13/h4-11,23H,3H2,1-2H3,(H,21,24)/b19-11-. The van der Waals surface area contributed by atoms with Crippen LogP contribution in [0.2, 0.25) is 0 Å². The largest absolute Gasteiger partial charge is 0.508 e. The van der Waals surface area contributed by atoms with Gasteiger partial charge in [0.25, 0.3) is 5.91 Å². The Morgan fingerprint density at radius 1 is 1.29 bits per heavy atom. The number of hydrogen-bond acceptors (Lipinski definition) is 4. The van der Waals surface area contributed by atoms with E-state index in [2.05, 4.69) is 27.0 Å². The Labute approximate surface area is 139 Å². The van der Waals surface area contributed by atoms with Crippen molar-refractivity contribution in [3.63, 3.8) is 0 Å². The van der Waals surface area contributed by atoms with Gasteiger partial charge in [-0.25, -0.2) is 10.4 Å². The highest BCUT2D eigenvalue weighted by Crippen LogP contribution is 2.17. The van der Waals surface area contributed by atoms with Gasteiger partial charge in [-0.15, -0.1) is 0 Å². The molecule has 6 heteroatoms. The van der Waals surface area contributed by atoms with E-state index in [0.717, 1.165) is 29.0 Å². The monoisotopic (exact) mass is 322 g/mol. The maximum absolute atomic E-state index is 12.2. The summed E-state index contributed by atoms with van der Waals surface area (Å²) in [4.78, 5) is 16.7. The van der Waals surface area contributed by atoms with Crippen LogP contribution in [-0.4, -0.2) is 26.8 Å². The topological polar surface area (TPSA) is 79.5 Å². The van der Waals surface area contributed by atoms with Gasteiger partial charge in [0, 0.05) is 12.1 Å². The van der Waals surface area contributed by atoms with Crippen molar-refractivity contribution in [2.75, 3.05) is 0 Å². The van der Waals surface area contributed by atoms with Gasteiger partial charge in [-0.1, -0.05) is 0 Å². The Balaban J connectivity index is 1.75. The molecular weight excluding hydrogens is 304 g/mol. The van der Waals surface area contributed by atoms with E-state index in [1.54, 1.807) is 36.4 Å². The average molecular weight is 322 g/mol. The number of hydrogen-bond donors (Lipinski definition) is 2. The van der Waals surface area contributed by atoms with Crippen LogP contribution in [0.4, 0.5) is 0 Å². The molecule has 0 spiro atoms. The molecule has 0 aliphatic heterocycles. The van der Waals surface area contributed by atoms with Crippen LogP contribution in [0.15, 0.2) is 47.6 Å². The molecule has 0 atom stereocenters. The molecule has 0 radical (unpaired) electrons. The summed E-state index contributed by atoms with van der Waals surface area (Å²) in [5.74, 6) is 0.817. The summed E-state index contributed by atoms with van der Waals surface area (Å²) in [5, 5.41) is 13.2. The molecule has 1 amide bonds. The van der Waals surface area contributed by atoms with Crippen LogP contribution in [0, 0.1) is 6.92 Å². The van der Waals surface area contributed by atoms with E-state index in [4.69, 9.17) is 0 Å². The Morgan fingerprint density at radius 3 is 2.75 bits per heavy atom. The van der Waals surface area contributed by atoms with E-state index in [1.165, 1.54) is 6.21 Å². The van der Waals surface area contributed by atoms with Crippen LogP contribution < -0.4 is 5.43 Å². The molecule has 0 unspecified atom stereocenters. The minimum absolute atomic E-state index is 0.186. The highest BCUT2D eigenvalue weighted by Gasteiger charge is 2.10. The molecule has 0 aliphatic rings. The van der Waals surface area contributed by atoms with E-state index in [0.29, 0.717) is 5.56 Å². The summed E-state index contributed by atoms with van der Waals surface area (Å²) in [5.41, 5.74) is 5.59. The SMILES string of the molecule is CCn1c(C)nc2cc(C(=O)N/N=C\c3ccc(O)cc3)ccc21. The van der Waals surface area contributed by atoms with Crippen molar-refractivity contribution in [1.29, 1.82) is 0 Å². The normalized spacial score (nSPS) is 11.2. The number of nitrogens with zero attached hydrogens (tertiary/aromatic N) is 3. The molecule has 1 aromatic heterocycles. The molecule has 3 rings (SSSR count). The average Bonchev–Trinajstić information content (AvgIpc) is 2.90. The number of fused-ring (bicyclic) bond motifs is 1. The molecule has 2 aromatic carbocycles. The lowest BCUT2D eigenvalue weighted by molar-refractivity contribution is 0.0955. The molecular formula is C18H18N4O2. The molecule has 1 heterocycles. The predicted octanol–water partition coefficient (Wildman–Crippen LogP) is 2.83. The number of aromatic nitrogens is 2. The fourth-order valence-corrected chi connectivity index (χ4v) is 2.58. The number of aromatic hydroxyl groups is 1. The fraction of sp³-hybridized carbons (Fsp3) is 0.167. The number of rotatable bonds is 4. The molecule has 6 nitrogen and oxygen atoms in total. The van der Waals surface area contributed by atoms with Crippen LogP contribution in [0.1, 0.15) is 28.7 Å². The van der Waals surface area contributed by atoms with Gasteiger partial charge >= 0.3 is 0 Å². The first-order valence-corrected chi connectivity index (χ1v) is 7.68. The Bertz CT molecular complexity index is 911. The van der Waals surface area contributed by atoms with Gasteiger partial charge in [-0.2, -0.15) is 5.10 Å². The van der Waals surface area contributed by atoms with Crippen molar-refractivity contribution in [3.05, 3.63) is 59.4 Å². The molecule has 0 saturated heterocycles. The zero-order valence-corrected chi connectivity index (χ0v) is 13.5. The number of aryl methyl sites for hydroxylation is 2. The summed E-state index contributed by atoms with van der Waals surface area (Å²) >= 11 is 0. The summed E-state index contributed by atoms with van der Waals surface area (Å²) < 4.78 is 2.10. The minimum Gasteiger partial charge on any atom is -0.508 e. The molecule has 24 heavy (non-hydrogen) atoms. The van der Waals surface area contributed by atoms with Gasteiger partial charge in [-0.05, 0) is 61.9 Å². The molecule has 0 aliphatic carbocycles. The number of benzene rings is 2. The first-order valence-electron chi connectivity index (χ1n) is 7.68. The van der Waals surface area contributed by atoms with Crippen molar-refractivity contribution < 1.29 is 9.90 Å². The van der Waals surface area contributed by atoms with Gasteiger partial charge in [0.2, 0.25) is 0 Å². The van der Waals surface area contributed by atoms with Crippen molar-refractivity contribution in [2.45, 2.75) is 20.4 Å². The number of phenolic OH excluding ortho intramolecular Hbond substituents is 1. The third-order valence-corrected chi connectivity index (χ3v) is 3.79. The maximum atomic E-state index is 12.2. The number of carbonyl (C=O) groups is 1. The summed E-state index contributed by atoms with van der Waals surface area (Å²) in [7, 11) is 0. The van der Waals surface area contributed by atoms with E-state index < -0.39 is 0 Å². The Hall–Kier alpha value is -3.15. The first-order chi connectivity index (χ1) is 11.6. The van der Waals surface area contributed by atoms with Gasteiger partial charge in [0.15, 0.2) is 0 Å². The maximum Gasteiger partial charge on any atom is 0.271 e. The predicted molar refractivity (Wildman–Crippen MR) is 93.3 cm³/mol. The molecule has 0 fully saturated rings. The number of hydrazone groups is 1. The lowest BCUT2D eigenvalue weighted by Gasteiger charge is -2.03. The van der Waals surface area contributed by atoms with Gasteiger partial charge in [0.1, 0.15) is 11.6 Å². The third-order valence-electron chi connectivity index (χ3n) is 3.79. The Morgan fingerprint density at radius 2 is 2.04 bits per heavy atom. The second-order valence-corrected chi connectivity index (χ2v) is 5.40. The van der Waals surface area contributed by atoms with E-state index in [9.17, 15) is 9.90 Å². The molecule has 3 aromatic rings. The number of amides is 1. The molecule has 2 N–H and O–H groups in total. The van der Waals surface area contributed by atoms with Crippen LogP contribution in [0.25, 0.3) is 11.0 Å². The molecule has 0 saturated carbocycles. The number of phenols is 1. The van der Waals surface area contributed by atoms with Crippen molar-refractivity contribution in [2.24, 2.45) is 5.10 Å². The Kier molecular flexibility index (Phi) is 4.29. The number of carbonyl (C=O) groups excluding carboxylic acids is 1. The second kappa shape index (κ2) is 6.54. The zero-order chi connectivity index (χ0) is 17.1. The highest BCUT2D eigenvalue weighted by molar-refractivity contribution is 5.97. The minimum atomic E-state index is -0.296. The van der Waals surface area contributed by atoms with E-state index in [1.807, 2.05) is 13.0 Å². The van der Waals surface area contributed by atoms with E-state index >= 15 is 0 Å². The zero-order valence-electron chi connectivity index (χ0n) is 13.5. The van der Waals surface area contributed by atoms with Crippen LogP contribution in [0.3, 0.4) is 0 Å². The van der Waals surface area contributed by atoms with Gasteiger partial charge in [0.05, 0.1) is 17.2 Å². The summed E-state index contributed by atoms with van der Waals surface area (Å²) in [6.07, 6.45) is 1.52.